The monoisotopic (exact) mass is 181 g/mol. The van der Waals surface area contributed by atoms with E-state index < -0.39 is 5.82 Å². The second kappa shape index (κ2) is 4.03. The number of nitrogen functional groups attached to an aromatic ring is 1. The van der Waals surface area contributed by atoms with Crippen LogP contribution in [-0.4, -0.2) is 5.78 Å². The lowest BCUT2D eigenvalue weighted by atomic mass is 10.1. The van der Waals surface area contributed by atoms with Gasteiger partial charge in [-0.25, -0.2) is 4.39 Å². The molecule has 1 rings (SSSR count). The van der Waals surface area contributed by atoms with Gasteiger partial charge in [0.1, 0.15) is 5.82 Å². The van der Waals surface area contributed by atoms with Gasteiger partial charge < -0.3 is 5.73 Å². The van der Waals surface area contributed by atoms with Crippen LogP contribution in [0.25, 0.3) is 0 Å². The zero-order chi connectivity index (χ0) is 9.84. The Morgan fingerprint density at radius 1 is 1.54 bits per heavy atom. The van der Waals surface area contributed by atoms with Gasteiger partial charge in [0, 0.05) is 12.1 Å². The summed E-state index contributed by atoms with van der Waals surface area (Å²) in [5.41, 5.74) is 5.96. The first-order chi connectivity index (χ1) is 6.15. The number of halogens is 1. The van der Waals surface area contributed by atoms with Crippen LogP contribution in [0.3, 0.4) is 0 Å². The summed E-state index contributed by atoms with van der Waals surface area (Å²) in [5, 5.41) is 0. The molecule has 0 amide bonds. The molecule has 0 aromatic heterocycles. The van der Waals surface area contributed by atoms with Crippen LogP contribution in [0.1, 0.15) is 30.1 Å². The van der Waals surface area contributed by atoms with E-state index in [4.69, 9.17) is 5.73 Å². The number of Topliss-reactive ketones (excluding diaryl/α,β-unsaturated/α-hetero) is 1. The molecule has 0 saturated heterocycles. The van der Waals surface area contributed by atoms with Crippen molar-refractivity contribution in [3.05, 3.63) is 29.6 Å². The topological polar surface area (TPSA) is 43.1 Å². The minimum Gasteiger partial charge on any atom is -0.399 e. The molecule has 2 nitrogen and oxygen atoms in total. The van der Waals surface area contributed by atoms with Gasteiger partial charge in [0.05, 0.1) is 5.56 Å². The number of carbonyl (C=O) groups excluding carboxylic acids is 1. The molecule has 0 aliphatic rings. The van der Waals surface area contributed by atoms with E-state index in [1.54, 1.807) is 0 Å². The highest BCUT2D eigenvalue weighted by Crippen LogP contribution is 2.14. The number of anilines is 1. The second-order valence-electron chi connectivity index (χ2n) is 2.91. The Balaban J connectivity index is 2.99. The molecular weight excluding hydrogens is 169 g/mol. The van der Waals surface area contributed by atoms with Crippen LogP contribution in [0.15, 0.2) is 18.2 Å². The molecular formula is C10H12FNO. The molecule has 0 atom stereocenters. The summed E-state index contributed by atoms with van der Waals surface area (Å²) in [6.07, 6.45) is 1.08. The predicted molar refractivity (Wildman–Crippen MR) is 50.1 cm³/mol. The molecule has 0 saturated carbocycles. The third-order valence-corrected chi connectivity index (χ3v) is 1.77. The van der Waals surface area contributed by atoms with E-state index >= 15 is 0 Å². The van der Waals surface area contributed by atoms with Crippen molar-refractivity contribution in [2.45, 2.75) is 19.8 Å². The van der Waals surface area contributed by atoms with Gasteiger partial charge in [0.25, 0.3) is 0 Å². The van der Waals surface area contributed by atoms with Crippen LogP contribution in [0.2, 0.25) is 0 Å². The molecule has 0 radical (unpaired) electrons. The molecule has 2 N–H and O–H groups in total. The van der Waals surface area contributed by atoms with Crippen LogP contribution >= 0.6 is 0 Å². The van der Waals surface area contributed by atoms with E-state index in [0.717, 1.165) is 0 Å². The quantitative estimate of drug-likeness (QED) is 0.574. The van der Waals surface area contributed by atoms with E-state index in [2.05, 4.69) is 0 Å². The molecule has 0 spiro atoms. The SMILES string of the molecule is CCCC(=O)c1cc(N)ccc1F. The first-order valence-electron chi connectivity index (χ1n) is 4.23. The van der Waals surface area contributed by atoms with Crippen LogP contribution in [-0.2, 0) is 0 Å². The van der Waals surface area contributed by atoms with Gasteiger partial charge in [-0.15, -0.1) is 0 Å². The summed E-state index contributed by atoms with van der Waals surface area (Å²) in [7, 11) is 0. The number of hydrogen-bond donors (Lipinski definition) is 1. The van der Waals surface area contributed by atoms with Crippen molar-refractivity contribution >= 4 is 11.5 Å². The minimum absolute atomic E-state index is 0.0989. The van der Waals surface area contributed by atoms with Crippen LogP contribution < -0.4 is 5.73 Å². The first-order valence-corrected chi connectivity index (χ1v) is 4.23. The lowest BCUT2D eigenvalue weighted by molar-refractivity contribution is 0.0978. The Kier molecular flexibility index (Phi) is 3.01. The third-order valence-electron chi connectivity index (χ3n) is 1.77. The highest BCUT2D eigenvalue weighted by atomic mass is 19.1. The molecule has 0 bridgehead atoms. The van der Waals surface area contributed by atoms with Crippen molar-refractivity contribution in [3.63, 3.8) is 0 Å². The number of benzene rings is 1. The van der Waals surface area contributed by atoms with Crippen molar-refractivity contribution < 1.29 is 9.18 Å². The third kappa shape index (κ3) is 2.28. The Morgan fingerprint density at radius 2 is 2.23 bits per heavy atom. The van der Waals surface area contributed by atoms with Gasteiger partial charge >= 0.3 is 0 Å². The Morgan fingerprint density at radius 3 is 2.85 bits per heavy atom. The summed E-state index contributed by atoms with van der Waals surface area (Å²) < 4.78 is 13.1. The van der Waals surface area contributed by atoms with Gasteiger partial charge in [0.2, 0.25) is 0 Å². The zero-order valence-electron chi connectivity index (χ0n) is 7.51. The van der Waals surface area contributed by atoms with E-state index in [9.17, 15) is 9.18 Å². The van der Waals surface area contributed by atoms with Gasteiger partial charge in [-0.3, -0.25) is 4.79 Å². The van der Waals surface area contributed by atoms with Crippen LogP contribution in [0, 0.1) is 5.82 Å². The van der Waals surface area contributed by atoms with Crippen LogP contribution in [0.5, 0.6) is 0 Å². The summed E-state index contributed by atoms with van der Waals surface area (Å²) in [4.78, 5) is 11.3. The van der Waals surface area contributed by atoms with Crippen molar-refractivity contribution in [1.82, 2.24) is 0 Å². The molecule has 0 fully saturated rings. The second-order valence-corrected chi connectivity index (χ2v) is 2.91. The normalized spacial score (nSPS) is 10.0. The summed E-state index contributed by atoms with van der Waals surface area (Å²) >= 11 is 0. The number of nitrogens with two attached hydrogens (primary N) is 1. The van der Waals surface area contributed by atoms with Gasteiger partial charge in [0.15, 0.2) is 5.78 Å². The maximum absolute atomic E-state index is 13.1. The molecule has 70 valence electrons. The molecule has 3 heteroatoms. The van der Waals surface area contributed by atoms with E-state index in [-0.39, 0.29) is 11.3 Å². The molecule has 0 unspecified atom stereocenters. The predicted octanol–water partition coefficient (Wildman–Crippen LogP) is 2.39. The fourth-order valence-corrected chi connectivity index (χ4v) is 1.12. The molecule has 1 aromatic carbocycles. The van der Waals surface area contributed by atoms with E-state index in [1.165, 1.54) is 18.2 Å². The summed E-state index contributed by atoms with van der Waals surface area (Å²) in [6, 6.07) is 4.05. The first kappa shape index (κ1) is 9.71. The molecule has 13 heavy (non-hydrogen) atoms. The molecule has 0 heterocycles. The number of hydrogen-bond acceptors (Lipinski definition) is 2. The van der Waals surface area contributed by atoms with Crippen molar-refractivity contribution in [3.8, 4) is 0 Å². The lowest BCUT2D eigenvalue weighted by Crippen LogP contribution is -2.02. The van der Waals surface area contributed by atoms with E-state index in [1.807, 2.05) is 6.92 Å². The fraction of sp³-hybridized carbons (Fsp3) is 0.300. The maximum atomic E-state index is 13.1. The van der Waals surface area contributed by atoms with Crippen molar-refractivity contribution in [2.75, 3.05) is 5.73 Å². The highest BCUT2D eigenvalue weighted by molar-refractivity contribution is 5.97. The molecule has 1 aromatic rings. The van der Waals surface area contributed by atoms with Gasteiger partial charge in [-0.1, -0.05) is 6.92 Å². The largest absolute Gasteiger partial charge is 0.399 e. The number of rotatable bonds is 3. The van der Waals surface area contributed by atoms with Crippen LogP contribution in [0.4, 0.5) is 10.1 Å². The average Bonchev–Trinajstić information content (AvgIpc) is 2.09. The Labute approximate surface area is 76.6 Å². The average molecular weight is 181 g/mol. The molecule has 0 aliphatic carbocycles. The van der Waals surface area contributed by atoms with Gasteiger partial charge in [-0.2, -0.15) is 0 Å². The number of ketones is 1. The van der Waals surface area contributed by atoms with E-state index in [0.29, 0.717) is 18.5 Å². The lowest BCUT2D eigenvalue weighted by Gasteiger charge is -2.01. The van der Waals surface area contributed by atoms with Crippen molar-refractivity contribution in [2.24, 2.45) is 0 Å². The maximum Gasteiger partial charge on any atom is 0.165 e. The Hall–Kier alpha value is -1.38. The standard InChI is InChI=1S/C10H12FNO/c1-2-3-10(13)8-6-7(12)4-5-9(8)11/h4-6H,2-3,12H2,1H3. The van der Waals surface area contributed by atoms with Crippen molar-refractivity contribution in [1.29, 1.82) is 0 Å². The molecule has 0 aliphatic heterocycles. The minimum atomic E-state index is -0.493. The number of carbonyl (C=O) groups is 1. The summed E-state index contributed by atoms with van der Waals surface area (Å²) in [5.74, 6) is -0.681. The summed E-state index contributed by atoms with van der Waals surface area (Å²) in [6.45, 7) is 1.88. The highest BCUT2D eigenvalue weighted by Gasteiger charge is 2.10. The fourth-order valence-electron chi connectivity index (χ4n) is 1.12. The Bertz CT molecular complexity index is 323. The van der Waals surface area contributed by atoms with Gasteiger partial charge in [-0.05, 0) is 24.6 Å². The zero-order valence-corrected chi connectivity index (χ0v) is 7.51. The smallest absolute Gasteiger partial charge is 0.165 e.